The second kappa shape index (κ2) is 7.28. The molecule has 0 saturated carbocycles. The molecule has 1 atom stereocenters. The second-order valence-corrected chi connectivity index (χ2v) is 7.90. The highest BCUT2D eigenvalue weighted by atomic mass is 79.9. The summed E-state index contributed by atoms with van der Waals surface area (Å²) in [4.78, 5) is 14.9. The molecule has 6 heteroatoms. The molecule has 0 spiro atoms. The van der Waals surface area contributed by atoms with Crippen molar-refractivity contribution in [3.8, 4) is 0 Å². The lowest BCUT2D eigenvalue weighted by atomic mass is 10.1. The van der Waals surface area contributed by atoms with Crippen LogP contribution in [0.4, 0.5) is 0 Å². The molecule has 3 heterocycles. The monoisotopic (exact) mass is 402 g/mol. The summed E-state index contributed by atoms with van der Waals surface area (Å²) in [5.74, 6) is 2.29. The molecular weight excluding hydrogens is 380 g/mol. The van der Waals surface area contributed by atoms with Gasteiger partial charge in [-0.3, -0.25) is 4.79 Å². The van der Waals surface area contributed by atoms with Gasteiger partial charge in [-0.1, -0.05) is 34.5 Å². The molecule has 0 unspecified atom stereocenters. The molecule has 1 fully saturated rings. The van der Waals surface area contributed by atoms with E-state index >= 15 is 0 Å². The van der Waals surface area contributed by atoms with Gasteiger partial charge in [0, 0.05) is 24.0 Å². The lowest BCUT2D eigenvalue weighted by molar-refractivity contribution is -0.131. The summed E-state index contributed by atoms with van der Waals surface area (Å²) in [6, 6.07) is 8.08. The third-order valence-corrected chi connectivity index (χ3v) is 5.81. The van der Waals surface area contributed by atoms with Crippen LogP contribution in [0, 0.1) is 0 Å². The first-order valence-corrected chi connectivity index (χ1v) is 9.97. The molecule has 1 aromatic carbocycles. The summed E-state index contributed by atoms with van der Waals surface area (Å²) >= 11 is 3.44. The molecule has 132 valence electrons. The maximum atomic E-state index is 12.9. The van der Waals surface area contributed by atoms with Crippen molar-refractivity contribution in [1.82, 2.24) is 19.7 Å². The Morgan fingerprint density at radius 1 is 1.08 bits per heavy atom. The van der Waals surface area contributed by atoms with E-state index in [0.29, 0.717) is 6.42 Å². The minimum absolute atomic E-state index is 0.0855. The lowest BCUT2D eigenvalue weighted by Gasteiger charge is -2.25. The van der Waals surface area contributed by atoms with E-state index < -0.39 is 0 Å². The highest BCUT2D eigenvalue weighted by Gasteiger charge is 2.34. The summed E-state index contributed by atoms with van der Waals surface area (Å²) in [7, 11) is 0. The standard InChI is InChI=1S/C19H23BrN4O/c20-15-9-7-14(8-10-15)13-18(25)23-12-4-5-16(23)19-22-21-17-6-2-1-3-11-24(17)19/h7-10,16H,1-6,11-13H2/t16-/m0/s1. The number of nitrogens with zero attached hydrogens (tertiary/aromatic N) is 4. The molecule has 5 nitrogen and oxygen atoms in total. The molecule has 2 aliphatic heterocycles. The molecule has 0 N–H and O–H groups in total. The molecule has 2 aliphatic rings. The van der Waals surface area contributed by atoms with E-state index in [-0.39, 0.29) is 11.9 Å². The maximum absolute atomic E-state index is 12.9. The van der Waals surface area contributed by atoms with Crippen LogP contribution >= 0.6 is 15.9 Å². The summed E-state index contributed by atoms with van der Waals surface area (Å²) in [5.41, 5.74) is 1.05. The van der Waals surface area contributed by atoms with E-state index in [1.165, 1.54) is 19.3 Å². The van der Waals surface area contributed by atoms with Crippen molar-refractivity contribution in [3.05, 3.63) is 46.0 Å². The van der Waals surface area contributed by atoms with Crippen LogP contribution in [0.15, 0.2) is 28.7 Å². The Labute approximate surface area is 156 Å². The summed E-state index contributed by atoms with van der Waals surface area (Å²) < 4.78 is 3.32. The number of halogens is 1. The minimum atomic E-state index is 0.0855. The quantitative estimate of drug-likeness (QED) is 0.786. The first-order chi connectivity index (χ1) is 12.2. The van der Waals surface area contributed by atoms with Crippen molar-refractivity contribution in [2.45, 2.75) is 57.5 Å². The molecule has 1 saturated heterocycles. The van der Waals surface area contributed by atoms with E-state index in [0.717, 1.165) is 54.0 Å². The number of likely N-dealkylation sites (tertiary alicyclic amines) is 1. The predicted molar refractivity (Wildman–Crippen MR) is 99.1 cm³/mol. The van der Waals surface area contributed by atoms with Crippen molar-refractivity contribution < 1.29 is 4.79 Å². The van der Waals surface area contributed by atoms with Gasteiger partial charge in [0.1, 0.15) is 5.82 Å². The Kier molecular flexibility index (Phi) is 4.88. The smallest absolute Gasteiger partial charge is 0.227 e. The van der Waals surface area contributed by atoms with Gasteiger partial charge in [-0.15, -0.1) is 10.2 Å². The van der Waals surface area contributed by atoms with E-state index in [1.54, 1.807) is 0 Å². The van der Waals surface area contributed by atoms with Crippen LogP contribution in [0.25, 0.3) is 0 Å². The van der Waals surface area contributed by atoms with Gasteiger partial charge in [0.2, 0.25) is 5.91 Å². The van der Waals surface area contributed by atoms with Gasteiger partial charge in [-0.2, -0.15) is 0 Å². The Bertz CT molecular complexity index is 755. The van der Waals surface area contributed by atoms with Crippen LogP contribution in [0.5, 0.6) is 0 Å². The van der Waals surface area contributed by atoms with Crippen molar-refractivity contribution >= 4 is 21.8 Å². The zero-order valence-electron chi connectivity index (χ0n) is 14.3. The summed E-state index contributed by atoms with van der Waals surface area (Å²) in [6.45, 7) is 1.81. The van der Waals surface area contributed by atoms with Gasteiger partial charge < -0.3 is 9.47 Å². The number of aryl methyl sites for hydroxylation is 1. The Morgan fingerprint density at radius 3 is 2.76 bits per heavy atom. The van der Waals surface area contributed by atoms with Crippen LogP contribution in [-0.2, 0) is 24.2 Å². The molecule has 0 aliphatic carbocycles. The van der Waals surface area contributed by atoms with Gasteiger partial charge in [0.05, 0.1) is 12.5 Å². The number of carbonyl (C=O) groups is 1. The van der Waals surface area contributed by atoms with Crippen molar-refractivity contribution in [2.24, 2.45) is 0 Å². The zero-order valence-corrected chi connectivity index (χ0v) is 15.9. The molecule has 4 rings (SSSR count). The van der Waals surface area contributed by atoms with E-state index in [2.05, 4.69) is 30.7 Å². The molecular formula is C19H23BrN4O. The number of amides is 1. The summed E-state index contributed by atoms with van der Waals surface area (Å²) in [5, 5.41) is 8.90. The first-order valence-electron chi connectivity index (χ1n) is 9.18. The number of hydrogen-bond donors (Lipinski definition) is 0. The number of benzene rings is 1. The molecule has 0 radical (unpaired) electrons. The number of hydrogen-bond acceptors (Lipinski definition) is 3. The predicted octanol–water partition coefficient (Wildman–Crippen LogP) is 3.67. The van der Waals surface area contributed by atoms with Gasteiger partial charge in [-0.05, 0) is 43.4 Å². The van der Waals surface area contributed by atoms with E-state index in [4.69, 9.17) is 0 Å². The van der Waals surface area contributed by atoms with Gasteiger partial charge >= 0.3 is 0 Å². The largest absolute Gasteiger partial charge is 0.332 e. The SMILES string of the molecule is O=C(Cc1ccc(Br)cc1)N1CCC[C@H]1c1nnc2n1CCCCC2. The molecule has 1 amide bonds. The molecule has 0 bridgehead atoms. The lowest BCUT2D eigenvalue weighted by Crippen LogP contribution is -2.33. The van der Waals surface area contributed by atoms with Crippen molar-refractivity contribution in [1.29, 1.82) is 0 Å². The fourth-order valence-electron chi connectivity index (χ4n) is 3.97. The van der Waals surface area contributed by atoms with Crippen LogP contribution in [0.3, 0.4) is 0 Å². The van der Waals surface area contributed by atoms with Gasteiger partial charge in [0.25, 0.3) is 0 Å². The van der Waals surface area contributed by atoms with Crippen LogP contribution < -0.4 is 0 Å². The molecule has 25 heavy (non-hydrogen) atoms. The Hall–Kier alpha value is -1.69. The maximum Gasteiger partial charge on any atom is 0.227 e. The summed E-state index contributed by atoms with van der Waals surface area (Å²) in [6.07, 6.45) is 7.10. The minimum Gasteiger partial charge on any atom is -0.332 e. The topological polar surface area (TPSA) is 51.0 Å². The third kappa shape index (κ3) is 3.50. The van der Waals surface area contributed by atoms with E-state index in [1.807, 2.05) is 29.2 Å². The fraction of sp³-hybridized carbons (Fsp3) is 0.526. The zero-order chi connectivity index (χ0) is 17.2. The van der Waals surface area contributed by atoms with Crippen molar-refractivity contribution in [3.63, 3.8) is 0 Å². The average Bonchev–Trinajstić information content (AvgIpc) is 3.18. The highest BCUT2D eigenvalue weighted by molar-refractivity contribution is 9.10. The Balaban J connectivity index is 1.53. The van der Waals surface area contributed by atoms with Crippen LogP contribution in [-0.4, -0.2) is 32.1 Å². The molecule has 2 aromatic rings. The van der Waals surface area contributed by atoms with Crippen LogP contribution in [0.2, 0.25) is 0 Å². The number of fused-ring (bicyclic) bond motifs is 1. The normalized spacial score (nSPS) is 20.4. The Morgan fingerprint density at radius 2 is 1.92 bits per heavy atom. The first kappa shape index (κ1) is 16.8. The van der Waals surface area contributed by atoms with E-state index in [9.17, 15) is 4.79 Å². The number of carbonyl (C=O) groups excluding carboxylic acids is 1. The second-order valence-electron chi connectivity index (χ2n) is 6.99. The highest BCUT2D eigenvalue weighted by Crippen LogP contribution is 2.32. The fourth-order valence-corrected chi connectivity index (χ4v) is 4.23. The van der Waals surface area contributed by atoms with Gasteiger partial charge in [-0.25, -0.2) is 0 Å². The van der Waals surface area contributed by atoms with Gasteiger partial charge in [0.15, 0.2) is 5.82 Å². The van der Waals surface area contributed by atoms with Crippen molar-refractivity contribution in [2.75, 3.05) is 6.54 Å². The number of aromatic nitrogens is 3. The number of rotatable bonds is 3. The third-order valence-electron chi connectivity index (χ3n) is 5.28. The van der Waals surface area contributed by atoms with Crippen LogP contribution in [0.1, 0.15) is 55.4 Å². The molecule has 1 aromatic heterocycles. The average molecular weight is 403 g/mol.